The van der Waals surface area contributed by atoms with Gasteiger partial charge >= 0.3 is 12.0 Å². The van der Waals surface area contributed by atoms with Gasteiger partial charge in [-0.1, -0.05) is 47.5 Å². The molecule has 0 amide bonds. The monoisotopic (exact) mass is 1240 g/mol. The summed E-state index contributed by atoms with van der Waals surface area (Å²) in [5.41, 5.74) is 2.75. The zero-order valence-corrected chi connectivity index (χ0v) is 50.3. The number of piperazine rings is 2. The number of fused-ring (bicyclic) bond motifs is 14. The van der Waals surface area contributed by atoms with Gasteiger partial charge in [0.05, 0.1) is 67.4 Å². The Bertz CT molecular complexity index is 4070. The van der Waals surface area contributed by atoms with E-state index < -0.39 is 23.3 Å². The van der Waals surface area contributed by atoms with E-state index in [9.17, 15) is 0 Å². The Labute approximate surface area is 513 Å². The van der Waals surface area contributed by atoms with E-state index in [0.717, 1.165) is 90.4 Å². The third kappa shape index (κ3) is 8.26. The first-order chi connectivity index (χ1) is 42.6. The van der Waals surface area contributed by atoms with Crippen LogP contribution in [-0.4, -0.2) is 162 Å². The van der Waals surface area contributed by atoms with Crippen molar-refractivity contribution in [3.05, 3.63) is 94.3 Å². The first kappa shape index (κ1) is 55.0. The molecule has 0 unspecified atom stereocenters. The Balaban J connectivity index is 0.000000137. The van der Waals surface area contributed by atoms with Gasteiger partial charge in [-0.15, -0.1) is 0 Å². The van der Waals surface area contributed by atoms with E-state index >= 15 is 17.6 Å². The Hall–Kier alpha value is -7.08. The molecule has 14 heterocycles. The fraction of sp³-hybridized carbons (Fsp3) is 0.469. The zero-order chi connectivity index (χ0) is 59.8. The summed E-state index contributed by atoms with van der Waals surface area (Å²) in [6.45, 7) is 15.0. The lowest BCUT2D eigenvalue weighted by molar-refractivity contribution is 0.108. The molecule has 4 bridgehead atoms. The molecule has 10 aliphatic rings. The Morgan fingerprint density at radius 2 is 1.06 bits per heavy atom. The van der Waals surface area contributed by atoms with Gasteiger partial charge in [-0.2, -0.15) is 30.1 Å². The maximum Gasteiger partial charge on any atom is 0.319 e. The van der Waals surface area contributed by atoms with Crippen LogP contribution >= 0.6 is 23.2 Å². The lowest BCUT2D eigenvalue weighted by atomic mass is 9.94. The fourth-order valence-electron chi connectivity index (χ4n) is 17.0. The molecule has 456 valence electrons. The number of anilines is 2. The molecule has 8 aromatic rings. The van der Waals surface area contributed by atoms with Crippen LogP contribution in [0.15, 0.2) is 61.0 Å². The zero-order valence-electron chi connectivity index (χ0n) is 48.8. The van der Waals surface area contributed by atoms with E-state index in [4.69, 9.17) is 52.1 Å². The number of ether oxygens (including phenoxy) is 4. The lowest BCUT2D eigenvalue weighted by Crippen LogP contribution is -2.60. The minimum absolute atomic E-state index is 0.00103. The second-order valence-corrected chi connectivity index (χ2v) is 26.9. The van der Waals surface area contributed by atoms with Gasteiger partial charge in [0.15, 0.2) is 23.1 Å². The first-order valence-electron chi connectivity index (χ1n) is 30.7. The van der Waals surface area contributed by atoms with Gasteiger partial charge in [-0.3, -0.25) is 19.2 Å². The average molecular weight is 1240 g/mol. The van der Waals surface area contributed by atoms with Gasteiger partial charge in [0.2, 0.25) is 0 Å². The number of nitrogens with zero attached hydrogens (tertiary/aromatic N) is 12. The fourth-order valence-corrected chi connectivity index (χ4v) is 17.6. The highest BCUT2D eigenvalue weighted by atomic mass is 35.5. The Morgan fingerprint density at radius 1 is 0.614 bits per heavy atom. The number of rotatable bonds is 8. The van der Waals surface area contributed by atoms with E-state index in [2.05, 4.69) is 63.6 Å². The lowest BCUT2D eigenvalue weighted by Gasteiger charge is -2.40. The van der Waals surface area contributed by atoms with Crippen molar-refractivity contribution in [2.24, 2.45) is 14.1 Å². The van der Waals surface area contributed by atoms with Crippen LogP contribution in [0.5, 0.6) is 23.5 Å². The summed E-state index contributed by atoms with van der Waals surface area (Å²) in [5.74, 6) is -1.11. The summed E-state index contributed by atoms with van der Waals surface area (Å²) >= 11 is 14.1. The van der Waals surface area contributed by atoms with Crippen LogP contribution in [0.2, 0.25) is 10.0 Å². The third-order valence-electron chi connectivity index (χ3n) is 21.0. The van der Waals surface area contributed by atoms with Crippen LogP contribution in [-0.2, 0) is 14.1 Å². The van der Waals surface area contributed by atoms with E-state index in [1.807, 2.05) is 0 Å². The second kappa shape index (κ2) is 20.2. The number of hydrogen-bond acceptors (Lipinski definition) is 16. The van der Waals surface area contributed by atoms with Crippen molar-refractivity contribution in [2.75, 3.05) is 75.5 Å². The predicted molar refractivity (Wildman–Crippen MR) is 327 cm³/mol. The van der Waals surface area contributed by atoms with Gasteiger partial charge in [-0.05, 0) is 102 Å². The van der Waals surface area contributed by atoms with Crippen molar-refractivity contribution < 1.29 is 36.5 Å². The van der Waals surface area contributed by atoms with Crippen molar-refractivity contribution >= 4 is 78.4 Å². The van der Waals surface area contributed by atoms with Crippen LogP contribution in [0, 0.1) is 23.3 Å². The molecule has 10 aliphatic heterocycles. The molecule has 18 nitrogen and oxygen atoms in total. The van der Waals surface area contributed by atoms with Crippen molar-refractivity contribution in [1.82, 2.24) is 59.9 Å². The van der Waals surface area contributed by atoms with Gasteiger partial charge in [0.1, 0.15) is 60.7 Å². The number of benzene rings is 4. The average Bonchev–Trinajstić information content (AvgIpc) is 1.22. The highest BCUT2D eigenvalue weighted by molar-refractivity contribution is 6.38. The minimum Gasteiger partial charge on any atom is -0.489 e. The van der Waals surface area contributed by atoms with Crippen molar-refractivity contribution in [3.8, 4) is 45.8 Å². The van der Waals surface area contributed by atoms with Crippen LogP contribution in [0.3, 0.4) is 0 Å². The van der Waals surface area contributed by atoms with E-state index in [-0.39, 0.29) is 102 Å². The Morgan fingerprint density at radius 3 is 1.50 bits per heavy atom. The van der Waals surface area contributed by atoms with E-state index in [1.165, 1.54) is 32.6 Å². The molecule has 8 fully saturated rings. The molecule has 8 saturated heterocycles. The molecule has 8 atom stereocenters. The SMILES string of the molecule is C=C1CN2CCC[C@@]2(COc2nc3c4c(c(Cl)c(-c5c(F)ccc6cnn(C)c56)c(F)c4n2)OC[C@@H]2[C@@H]4CC[C@H](CN32)N4)C1.C=C1CN2CCC[C@@]2(COc2nc3c4c(c(Cl)c(-c5c(F)ccc6cnn(C)c56)c(F)c4n2)OC[C@@H]2[C@@H]4CC[C@H](CN32)N4)C1. The van der Waals surface area contributed by atoms with Crippen molar-refractivity contribution in [1.29, 1.82) is 0 Å². The van der Waals surface area contributed by atoms with Gasteiger partial charge < -0.3 is 39.4 Å². The molecule has 18 rings (SSSR count). The summed E-state index contributed by atoms with van der Waals surface area (Å²) in [7, 11) is 3.39. The van der Waals surface area contributed by atoms with Crippen LogP contribution in [0.25, 0.3) is 65.9 Å². The van der Waals surface area contributed by atoms with Crippen molar-refractivity contribution in [2.45, 2.75) is 112 Å². The van der Waals surface area contributed by atoms with Crippen LogP contribution < -0.4 is 39.4 Å². The maximum atomic E-state index is 17.1. The molecular weight excluding hydrogens is 1180 g/mol. The molecule has 0 radical (unpaired) electrons. The summed E-state index contributed by atoms with van der Waals surface area (Å²) in [5, 5.41) is 18.1. The molecule has 0 aliphatic carbocycles. The molecule has 4 aromatic carbocycles. The van der Waals surface area contributed by atoms with Gasteiger partial charge in [0, 0.05) is 97.5 Å². The minimum atomic E-state index is -0.745. The molecule has 0 spiro atoms. The molecule has 0 saturated carbocycles. The summed E-state index contributed by atoms with van der Waals surface area (Å²) in [6, 6.07) is 6.91. The normalized spacial score (nSPS) is 27.6. The van der Waals surface area contributed by atoms with Gasteiger partial charge in [-0.25, -0.2) is 17.6 Å². The van der Waals surface area contributed by atoms with Gasteiger partial charge in [0.25, 0.3) is 0 Å². The number of nitrogens with one attached hydrogen (secondary N) is 2. The number of hydrogen-bond donors (Lipinski definition) is 2. The molecule has 2 N–H and O–H groups in total. The standard InChI is InChI=1S/2C32H32ClF2N7O2/c2*1-16-10-32(8-3-9-41(32)12-16)15-44-31-38-27-24-29(43-14-21-20-7-5-18(37-20)13-42(21)30(24)39-31)25(33)23(26(27)35)22-19(34)6-4-17-11-36-40(2)28(17)22/h2*4,6,11,18,20-21,37H,1,3,5,7-10,12-15H2,2H3/t2*18-,20+,21-,32+/m11/s1. The number of aryl methyl sites for hydroxylation is 2. The molecule has 88 heavy (non-hydrogen) atoms. The summed E-state index contributed by atoms with van der Waals surface area (Å²) < 4.78 is 94.3. The molecule has 4 aromatic heterocycles. The predicted octanol–water partition coefficient (Wildman–Crippen LogP) is 9.98. The van der Waals surface area contributed by atoms with E-state index in [1.54, 1.807) is 38.6 Å². The second-order valence-electron chi connectivity index (χ2n) is 26.1. The Kier molecular flexibility index (Phi) is 12.6. The van der Waals surface area contributed by atoms with Crippen molar-refractivity contribution in [3.63, 3.8) is 0 Å². The van der Waals surface area contributed by atoms with Crippen LogP contribution in [0.4, 0.5) is 29.2 Å². The highest BCUT2D eigenvalue weighted by Crippen LogP contribution is 2.54. The summed E-state index contributed by atoms with van der Waals surface area (Å²) in [6.07, 6.45) is 13.2. The number of aromatic nitrogens is 8. The van der Waals surface area contributed by atoms with Crippen LogP contribution in [0.1, 0.15) is 64.2 Å². The molecule has 24 heteroatoms. The maximum absolute atomic E-state index is 17.1. The summed E-state index contributed by atoms with van der Waals surface area (Å²) in [4.78, 5) is 28.5. The highest BCUT2D eigenvalue weighted by Gasteiger charge is 2.50. The molecular formula is C64H64Cl2F4N14O4. The quantitative estimate of drug-likeness (QED) is 0.109. The third-order valence-corrected chi connectivity index (χ3v) is 21.7. The largest absolute Gasteiger partial charge is 0.489 e. The van der Waals surface area contributed by atoms with E-state index in [0.29, 0.717) is 95.8 Å². The topological polar surface area (TPSA) is 161 Å². The first-order valence-corrected chi connectivity index (χ1v) is 31.4. The smallest absolute Gasteiger partial charge is 0.319 e. The number of halogens is 6.